The molecule has 3 rings (SSSR count). The molecule has 3 nitrogen and oxygen atoms in total. The van der Waals surface area contributed by atoms with Crippen molar-refractivity contribution in [3.63, 3.8) is 0 Å². The summed E-state index contributed by atoms with van der Waals surface area (Å²) in [6.45, 7) is 4.08. The molecule has 1 atom stereocenters. The lowest BCUT2D eigenvalue weighted by Crippen LogP contribution is -2.16. The number of benzene rings is 1. The molecule has 0 fully saturated rings. The lowest BCUT2D eigenvalue weighted by Gasteiger charge is -2.22. The van der Waals surface area contributed by atoms with Crippen LogP contribution < -0.4 is 4.74 Å². The van der Waals surface area contributed by atoms with Crippen LogP contribution in [0.4, 0.5) is 5.69 Å². The molecule has 0 unspecified atom stereocenters. The summed E-state index contributed by atoms with van der Waals surface area (Å²) < 4.78 is 5.32. The van der Waals surface area contributed by atoms with Gasteiger partial charge in [0.2, 0.25) is 0 Å². The van der Waals surface area contributed by atoms with Gasteiger partial charge in [-0.3, -0.25) is 9.79 Å². The first-order valence-electron chi connectivity index (χ1n) is 7.20. The number of Topliss-reactive ketones (excluding diaryl/α,β-unsaturated/α-hetero) is 1. The molecule has 0 N–H and O–H groups in total. The molecular weight excluding hydrogens is 262 g/mol. The third-order valence-corrected chi connectivity index (χ3v) is 4.17. The first kappa shape index (κ1) is 13.8. The second-order valence-electron chi connectivity index (χ2n) is 5.78. The van der Waals surface area contributed by atoms with E-state index in [2.05, 4.69) is 24.1 Å². The van der Waals surface area contributed by atoms with E-state index in [-0.39, 0.29) is 11.7 Å². The molecule has 0 amide bonds. The van der Waals surface area contributed by atoms with Crippen LogP contribution in [0.5, 0.6) is 5.75 Å². The van der Waals surface area contributed by atoms with E-state index in [0.717, 1.165) is 29.0 Å². The maximum absolute atomic E-state index is 12.6. The monoisotopic (exact) mass is 281 g/mol. The van der Waals surface area contributed by atoms with Crippen molar-refractivity contribution < 1.29 is 9.53 Å². The number of methoxy groups -OCH3 is 1. The minimum atomic E-state index is 0.115. The number of carbonyl (C=O) groups excluding carboxylic acids is 1. The first-order valence-corrected chi connectivity index (χ1v) is 7.20. The summed E-state index contributed by atoms with van der Waals surface area (Å²) >= 11 is 0. The number of nitrogens with zero attached hydrogens (tertiary/aromatic N) is 1. The summed E-state index contributed by atoms with van der Waals surface area (Å²) in [5, 5.41) is 0. The normalized spacial score (nSPS) is 20.7. The quantitative estimate of drug-likeness (QED) is 0.774. The van der Waals surface area contributed by atoms with E-state index in [1.165, 1.54) is 5.57 Å². The van der Waals surface area contributed by atoms with Crippen LogP contribution in [0.1, 0.15) is 35.7 Å². The average Bonchev–Trinajstić information content (AvgIpc) is 2.46. The van der Waals surface area contributed by atoms with E-state index >= 15 is 0 Å². The largest absolute Gasteiger partial charge is 0.496 e. The van der Waals surface area contributed by atoms with Gasteiger partial charge in [-0.05, 0) is 38.0 Å². The molecule has 1 aliphatic heterocycles. The Bertz CT molecular complexity index is 695. The first-order chi connectivity index (χ1) is 10.1. The van der Waals surface area contributed by atoms with Crippen molar-refractivity contribution in [1.29, 1.82) is 0 Å². The van der Waals surface area contributed by atoms with Crippen LogP contribution in [-0.4, -0.2) is 19.1 Å². The van der Waals surface area contributed by atoms with Gasteiger partial charge in [0.25, 0.3) is 0 Å². The van der Waals surface area contributed by atoms with Crippen LogP contribution >= 0.6 is 0 Å². The summed E-state index contributed by atoms with van der Waals surface area (Å²) in [4.78, 5) is 17.2. The highest BCUT2D eigenvalue weighted by molar-refractivity contribution is 6.04. The number of fused-ring (bicyclic) bond motifs is 2. The van der Waals surface area contributed by atoms with Crippen molar-refractivity contribution in [2.75, 3.05) is 7.11 Å². The summed E-state index contributed by atoms with van der Waals surface area (Å²) in [7, 11) is 1.62. The van der Waals surface area contributed by atoms with Gasteiger partial charge in [0.05, 0.1) is 12.8 Å². The minimum Gasteiger partial charge on any atom is -0.496 e. The van der Waals surface area contributed by atoms with E-state index in [9.17, 15) is 4.79 Å². The third-order valence-electron chi connectivity index (χ3n) is 4.17. The van der Waals surface area contributed by atoms with Gasteiger partial charge in [-0.2, -0.15) is 0 Å². The summed E-state index contributed by atoms with van der Waals surface area (Å²) in [5.41, 5.74) is 4.88. The molecule has 1 aliphatic carbocycles. The number of ether oxygens (including phenoxy) is 1. The molecule has 0 saturated heterocycles. The summed E-state index contributed by atoms with van der Waals surface area (Å²) in [5.74, 6) is 1.10. The number of rotatable bonds is 1. The van der Waals surface area contributed by atoms with Gasteiger partial charge in [-0.1, -0.05) is 23.3 Å². The molecule has 0 aromatic heterocycles. The molecule has 0 spiro atoms. The molecular formula is C18H19NO2. The van der Waals surface area contributed by atoms with Gasteiger partial charge >= 0.3 is 0 Å². The average molecular weight is 281 g/mol. The minimum absolute atomic E-state index is 0.115. The Hall–Kier alpha value is -2.16. The number of hydrogen-bond acceptors (Lipinski definition) is 3. The van der Waals surface area contributed by atoms with Crippen molar-refractivity contribution in [2.45, 2.75) is 26.7 Å². The molecule has 1 aromatic carbocycles. The van der Waals surface area contributed by atoms with E-state index in [0.29, 0.717) is 12.0 Å². The second kappa shape index (κ2) is 5.32. The van der Waals surface area contributed by atoms with Crippen LogP contribution in [0.25, 0.3) is 0 Å². The Morgan fingerprint density at radius 2 is 2.05 bits per heavy atom. The molecule has 21 heavy (non-hydrogen) atoms. The molecule has 3 heteroatoms. The van der Waals surface area contributed by atoms with Crippen LogP contribution in [0.3, 0.4) is 0 Å². The highest BCUT2D eigenvalue weighted by Crippen LogP contribution is 2.35. The second-order valence-corrected chi connectivity index (χ2v) is 5.78. The Kier molecular flexibility index (Phi) is 3.50. The smallest absolute Gasteiger partial charge is 0.169 e. The fraction of sp³-hybridized carbons (Fsp3) is 0.333. The van der Waals surface area contributed by atoms with E-state index in [1.807, 2.05) is 25.3 Å². The maximum atomic E-state index is 12.6. The number of carbonyl (C=O) groups is 1. The predicted molar refractivity (Wildman–Crippen MR) is 84.8 cm³/mol. The molecule has 0 bridgehead atoms. The van der Waals surface area contributed by atoms with Crippen molar-refractivity contribution >= 4 is 17.7 Å². The fourth-order valence-electron chi connectivity index (χ4n) is 2.93. The van der Waals surface area contributed by atoms with Gasteiger partial charge in [0.1, 0.15) is 5.75 Å². The van der Waals surface area contributed by atoms with Crippen LogP contribution in [0, 0.1) is 12.8 Å². The SMILES string of the molecule is COc1cc2c(cc1C)N=C[C@@H]1CC(C)=CC=C1CC2=O. The van der Waals surface area contributed by atoms with Gasteiger partial charge in [-0.15, -0.1) is 0 Å². The van der Waals surface area contributed by atoms with Crippen molar-refractivity contribution in [2.24, 2.45) is 10.9 Å². The van der Waals surface area contributed by atoms with E-state index in [4.69, 9.17) is 4.74 Å². The highest BCUT2D eigenvalue weighted by atomic mass is 16.5. The third kappa shape index (κ3) is 2.56. The summed E-state index contributed by atoms with van der Waals surface area (Å²) in [6.07, 6.45) is 7.57. The Balaban J connectivity index is 2.08. The zero-order valence-corrected chi connectivity index (χ0v) is 12.6. The van der Waals surface area contributed by atoms with Crippen molar-refractivity contribution in [1.82, 2.24) is 0 Å². The highest BCUT2D eigenvalue weighted by Gasteiger charge is 2.24. The molecule has 0 radical (unpaired) electrons. The zero-order valence-electron chi connectivity index (χ0n) is 12.6. The zero-order chi connectivity index (χ0) is 15.0. The Morgan fingerprint density at radius 3 is 2.81 bits per heavy atom. The Morgan fingerprint density at radius 1 is 1.24 bits per heavy atom. The van der Waals surface area contributed by atoms with Gasteiger partial charge in [0.15, 0.2) is 5.78 Å². The van der Waals surface area contributed by atoms with Crippen molar-refractivity contribution in [3.8, 4) is 5.75 Å². The molecule has 2 aliphatic rings. The van der Waals surface area contributed by atoms with Crippen molar-refractivity contribution in [3.05, 3.63) is 46.6 Å². The fourth-order valence-corrected chi connectivity index (χ4v) is 2.93. The van der Waals surface area contributed by atoms with E-state index in [1.54, 1.807) is 7.11 Å². The number of aryl methyl sites for hydroxylation is 1. The number of hydrogen-bond donors (Lipinski definition) is 0. The van der Waals surface area contributed by atoms with E-state index < -0.39 is 0 Å². The van der Waals surface area contributed by atoms with Crippen LogP contribution in [0.15, 0.2) is 40.4 Å². The number of allylic oxidation sites excluding steroid dienone is 4. The molecule has 108 valence electrons. The lowest BCUT2D eigenvalue weighted by molar-refractivity contribution is 0.0991. The predicted octanol–water partition coefficient (Wildman–Crippen LogP) is 4.18. The number of ketones is 1. The van der Waals surface area contributed by atoms with Gasteiger partial charge in [-0.25, -0.2) is 0 Å². The standard InChI is InChI=1S/C18H19NO2/c1-11-4-5-13-8-17(20)15-9-18(21-3)12(2)7-16(15)19-10-14(13)6-11/h4-5,7,9-10,14H,6,8H2,1-3H3/t14-/m0/s1. The molecule has 1 aromatic rings. The molecule has 1 heterocycles. The lowest BCUT2D eigenvalue weighted by atomic mass is 9.84. The Labute approximate surface area is 125 Å². The molecule has 0 saturated carbocycles. The number of aliphatic imine (C=N–C) groups is 1. The van der Waals surface area contributed by atoms with Crippen LogP contribution in [-0.2, 0) is 0 Å². The van der Waals surface area contributed by atoms with Gasteiger partial charge < -0.3 is 4.74 Å². The maximum Gasteiger partial charge on any atom is 0.169 e. The van der Waals surface area contributed by atoms with Gasteiger partial charge in [0, 0.05) is 24.1 Å². The van der Waals surface area contributed by atoms with Crippen LogP contribution in [0.2, 0.25) is 0 Å². The summed E-state index contributed by atoms with van der Waals surface area (Å²) in [6, 6.07) is 3.75. The topological polar surface area (TPSA) is 38.7 Å².